The molecule has 0 saturated heterocycles. The first-order valence-corrected chi connectivity index (χ1v) is 7.32. The van der Waals surface area contributed by atoms with Crippen molar-refractivity contribution in [1.82, 2.24) is 14.9 Å². The molecule has 1 aliphatic rings. The number of aromatic nitrogens is 2. The molecule has 2 unspecified atom stereocenters. The molecule has 0 aliphatic heterocycles. The summed E-state index contributed by atoms with van der Waals surface area (Å²) in [6.45, 7) is 3.33. The van der Waals surface area contributed by atoms with Gasteiger partial charge in [-0.05, 0) is 19.3 Å². The molecule has 6 heteroatoms. The first-order valence-electron chi connectivity index (χ1n) is 7.32. The smallest absolute Gasteiger partial charge is 0.334 e. The van der Waals surface area contributed by atoms with Gasteiger partial charge >= 0.3 is 6.18 Å². The Labute approximate surface area is 117 Å². The molecule has 0 bridgehead atoms. The summed E-state index contributed by atoms with van der Waals surface area (Å²) in [6.07, 6.45) is 2.84. The van der Waals surface area contributed by atoms with Gasteiger partial charge in [-0.2, -0.15) is 13.2 Å². The third kappa shape index (κ3) is 3.75. The van der Waals surface area contributed by atoms with E-state index in [1.165, 1.54) is 0 Å². The standard InChI is InChI=1S/C14H22F3N3/c1-2-8-20-9-7-18-13(20)10-19-12-6-4-3-5-11(12)14(15,16)17/h7,9,11-12,19H,2-6,8,10H2,1H3. The van der Waals surface area contributed by atoms with Crippen molar-refractivity contribution >= 4 is 0 Å². The highest BCUT2D eigenvalue weighted by Gasteiger charge is 2.45. The summed E-state index contributed by atoms with van der Waals surface area (Å²) < 4.78 is 41.0. The van der Waals surface area contributed by atoms with Crippen molar-refractivity contribution in [3.63, 3.8) is 0 Å². The van der Waals surface area contributed by atoms with Crippen LogP contribution in [0.2, 0.25) is 0 Å². The van der Waals surface area contributed by atoms with Crippen LogP contribution in [0.5, 0.6) is 0 Å². The Kier molecular flexibility index (Phi) is 5.07. The van der Waals surface area contributed by atoms with Crippen LogP contribution in [0.4, 0.5) is 13.2 Å². The van der Waals surface area contributed by atoms with Crippen molar-refractivity contribution in [3.05, 3.63) is 18.2 Å². The summed E-state index contributed by atoms with van der Waals surface area (Å²) in [5.74, 6) is -0.399. The first-order chi connectivity index (χ1) is 9.52. The average molecular weight is 289 g/mol. The molecular weight excluding hydrogens is 267 g/mol. The van der Waals surface area contributed by atoms with Crippen molar-refractivity contribution < 1.29 is 13.2 Å². The van der Waals surface area contributed by atoms with E-state index in [0.29, 0.717) is 19.4 Å². The minimum atomic E-state index is -4.10. The van der Waals surface area contributed by atoms with Gasteiger partial charge in [0.2, 0.25) is 0 Å². The maximum Gasteiger partial charge on any atom is 0.393 e. The van der Waals surface area contributed by atoms with Gasteiger partial charge in [-0.1, -0.05) is 19.8 Å². The number of rotatable bonds is 5. The highest BCUT2D eigenvalue weighted by atomic mass is 19.4. The zero-order valence-electron chi connectivity index (χ0n) is 11.8. The fourth-order valence-electron chi connectivity index (χ4n) is 2.94. The maximum absolute atomic E-state index is 13.0. The Morgan fingerprint density at radius 1 is 1.35 bits per heavy atom. The van der Waals surface area contributed by atoms with E-state index in [0.717, 1.165) is 25.2 Å². The molecule has 114 valence electrons. The summed E-state index contributed by atoms with van der Waals surface area (Å²) in [4.78, 5) is 4.23. The molecule has 1 heterocycles. The predicted molar refractivity (Wildman–Crippen MR) is 71.2 cm³/mol. The van der Waals surface area contributed by atoms with Crippen LogP contribution in [0.1, 0.15) is 44.9 Å². The molecule has 1 aliphatic carbocycles. The van der Waals surface area contributed by atoms with Gasteiger partial charge in [0, 0.05) is 25.0 Å². The third-order valence-electron chi connectivity index (χ3n) is 3.97. The molecule has 3 nitrogen and oxygen atoms in total. The second-order valence-electron chi connectivity index (χ2n) is 5.46. The van der Waals surface area contributed by atoms with Crippen molar-refractivity contribution in [2.24, 2.45) is 5.92 Å². The maximum atomic E-state index is 13.0. The summed E-state index contributed by atoms with van der Waals surface area (Å²) >= 11 is 0. The van der Waals surface area contributed by atoms with Gasteiger partial charge in [0.15, 0.2) is 0 Å². The van der Waals surface area contributed by atoms with E-state index in [-0.39, 0.29) is 6.42 Å². The number of halogens is 3. The Morgan fingerprint density at radius 2 is 2.10 bits per heavy atom. The number of aryl methyl sites for hydroxylation is 1. The van der Waals surface area contributed by atoms with Crippen LogP contribution in [0.3, 0.4) is 0 Å². The minimum absolute atomic E-state index is 0.241. The van der Waals surface area contributed by atoms with Gasteiger partial charge in [0.05, 0.1) is 12.5 Å². The van der Waals surface area contributed by atoms with E-state index in [4.69, 9.17) is 0 Å². The molecule has 1 N–H and O–H groups in total. The summed E-state index contributed by atoms with van der Waals surface area (Å²) in [5, 5.41) is 3.08. The number of imidazole rings is 1. The lowest BCUT2D eigenvalue weighted by Crippen LogP contribution is -2.45. The minimum Gasteiger partial charge on any atom is -0.334 e. The van der Waals surface area contributed by atoms with Crippen molar-refractivity contribution in [3.8, 4) is 0 Å². The molecule has 0 spiro atoms. The van der Waals surface area contributed by atoms with Crippen LogP contribution >= 0.6 is 0 Å². The van der Waals surface area contributed by atoms with E-state index < -0.39 is 18.1 Å². The zero-order chi connectivity index (χ0) is 14.6. The van der Waals surface area contributed by atoms with Crippen molar-refractivity contribution in [2.75, 3.05) is 0 Å². The summed E-state index contributed by atoms with van der Waals surface area (Å²) in [5.41, 5.74) is 0. The van der Waals surface area contributed by atoms with Crippen LogP contribution in [0.15, 0.2) is 12.4 Å². The van der Waals surface area contributed by atoms with Crippen LogP contribution in [-0.4, -0.2) is 21.8 Å². The third-order valence-corrected chi connectivity index (χ3v) is 3.97. The Bertz CT molecular complexity index is 414. The van der Waals surface area contributed by atoms with Gasteiger partial charge < -0.3 is 9.88 Å². The lowest BCUT2D eigenvalue weighted by atomic mass is 9.84. The first kappa shape index (κ1) is 15.4. The van der Waals surface area contributed by atoms with Crippen LogP contribution in [0, 0.1) is 5.92 Å². The highest BCUT2D eigenvalue weighted by Crippen LogP contribution is 2.37. The number of alkyl halides is 3. The molecule has 0 radical (unpaired) electrons. The largest absolute Gasteiger partial charge is 0.393 e. The van der Waals surface area contributed by atoms with Gasteiger partial charge in [-0.3, -0.25) is 0 Å². The van der Waals surface area contributed by atoms with Gasteiger partial charge in [0.1, 0.15) is 5.82 Å². The van der Waals surface area contributed by atoms with Crippen LogP contribution in [0.25, 0.3) is 0 Å². The van der Waals surface area contributed by atoms with E-state index >= 15 is 0 Å². The monoisotopic (exact) mass is 289 g/mol. The zero-order valence-corrected chi connectivity index (χ0v) is 11.8. The van der Waals surface area contributed by atoms with Crippen molar-refractivity contribution in [1.29, 1.82) is 0 Å². The molecule has 1 saturated carbocycles. The fourth-order valence-corrected chi connectivity index (χ4v) is 2.94. The topological polar surface area (TPSA) is 29.9 Å². The molecule has 2 atom stereocenters. The number of hydrogen-bond acceptors (Lipinski definition) is 2. The SMILES string of the molecule is CCCn1ccnc1CNC1CCCCC1C(F)(F)F. The Hall–Kier alpha value is -1.04. The molecular formula is C14H22F3N3. The highest BCUT2D eigenvalue weighted by molar-refractivity contribution is 4.94. The molecule has 2 rings (SSSR count). The Morgan fingerprint density at radius 3 is 2.80 bits per heavy atom. The van der Waals surface area contributed by atoms with Crippen LogP contribution < -0.4 is 5.32 Å². The van der Waals surface area contributed by atoms with E-state index in [9.17, 15) is 13.2 Å². The molecule has 0 aromatic carbocycles. The molecule has 1 fully saturated rings. The van der Waals surface area contributed by atoms with E-state index in [1.54, 1.807) is 6.20 Å². The second kappa shape index (κ2) is 6.61. The quantitative estimate of drug-likeness (QED) is 0.899. The van der Waals surface area contributed by atoms with E-state index in [1.807, 2.05) is 10.8 Å². The van der Waals surface area contributed by atoms with E-state index in [2.05, 4.69) is 17.2 Å². The Balaban J connectivity index is 1.95. The van der Waals surface area contributed by atoms with Gasteiger partial charge in [-0.15, -0.1) is 0 Å². The second-order valence-corrected chi connectivity index (χ2v) is 5.46. The van der Waals surface area contributed by atoms with Gasteiger partial charge in [0.25, 0.3) is 0 Å². The molecule has 1 aromatic rings. The van der Waals surface area contributed by atoms with Crippen LogP contribution in [-0.2, 0) is 13.1 Å². The number of nitrogens with one attached hydrogen (secondary N) is 1. The lowest BCUT2D eigenvalue weighted by Gasteiger charge is -2.33. The molecule has 0 amide bonds. The summed E-state index contributed by atoms with van der Waals surface area (Å²) in [6, 6.07) is -0.476. The number of hydrogen-bond donors (Lipinski definition) is 1. The summed E-state index contributed by atoms with van der Waals surface area (Å²) in [7, 11) is 0. The number of nitrogens with zero attached hydrogens (tertiary/aromatic N) is 2. The molecule has 1 aromatic heterocycles. The van der Waals surface area contributed by atoms with Gasteiger partial charge in [-0.25, -0.2) is 4.98 Å². The predicted octanol–water partition coefficient (Wildman–Crippen LogP) is 3.50. The van der Waals surface area contributed by atoms with Crippen molar-refractivity contribution in [2.45, 2.75) is 64.3 Å². The normalized spacial score (nSPS) is 24.0. The average Bonchev–Trinajstić information content (AvgIpc) is 2.83. The molecule has 20 heavy (non-hydrogen) atoms. The lowest BCUT2D eigenvalue weighted by molar-refractivity contribution is -0.189. The fraction of sp³-hybridized carbons (Fsp3) is 0.786.